The zero-order valence-electron chi connectivity index (χ0n) is 15.3. The lowest BCUT2D eigenvalue weighted by Crippen LogP contribution is -2.35. The summed E-state index contributed by atoms with van der Waals surface area (Å²) in [6, 6.07) is 4.09. The first-order chi connectivity index (χ1) is 13.2. The highest BCUT2D eigenvalue weighted by molar-refractivity contribution is 5.85. The molecule has 1 atom stereocenters. The molecule has 2 aliphatic heterocycles. The predicted octanol–water partition coefficient (Wildman–Crippen LogP) is 1.31. The number of carbonyl (C=O) groups is 1. The van der Waals surface area contributed by atoms with Gasteiger partial charge in [-0.15, -0.1) is 17.5 Å². The van der Waals surface area contributed by atoms with Gasteiger partial charge in [0, 0.05) is 31.6 Å². The quantitative estimate of drug-likeness (QED) is 0.799. The van der Waals surface area contributed by atoms with Crippen molar-refractivity contribution in [2.75, 3.05) is 32.9 Å². The van der Waals surface area contributed by atoms with Gasteiger partial charge < -0.3 is 14.8 Å². The van der Waals surface area contributed by atoms with Crippen molar-refractivity contribution in [1.29, 1.82) is 0 Å². The summed E-state index contributed by atoms with van der Waals surface area (Å²) >= 11 is 0. The van der Waals surface area contributed by atoms with Gasteiger partial charge in [0.15, 0.2) is 0 Å². The van der Waals surface area contributed by atoms with E-state index >= 15 is 0 Å². The molecule has 1 amide bonds. The number of amides is 1. The van der Waals surface area contributed by atoms with Gasteiger partial charge in [-0.3, -0.25) is 9.69 Å². The zero-order valence-corrected chi connectivity index (χ0v) is 16.2. The summed E-state index contributed by atoms with van der Waals surface area (Å²) in [7, 11) is 0. The highest BCUT2D eigenvalue weighted by atomic mass is 35.5. The number of nitrogens with zero attached hydrogens (tertiary/aromatic N) is 4. The smallest absolute Gasteiger partial charge is 0.242 e. The normalized spacial score (nSPS) is 19.2. The van der Waals surface area contributed by atoms with Gasteiger partial charge in [-0.05, 0) is 18.2 Å². The monoisotopic (exact) mass is 411 g/mol. The van der Waals surface area contributed by atoms with Gasteiger partial charge in [0.2, 0.25) is 5.91 Å². The largest absolute Gasteiger partial charge is 0.493 e. The molecule has 0 spiro atoms. The molecule has 1 aromatic carbocycles. The van der Waals surface area contributed by atoms with E-state index in [2.05, 4.69) is 20.5 Å². The van der Waals surface area contributed by atoms with Gasteiger partial charge in [0.05, 0.1) is 37.8 Å². The van der Waals surface area contributed by atoms with Crippen molar-refractivity contribution in [2.24, 2.45) is 0 Å². The Bertz CT molecular complexity index is 812. The molecule has 3 heterocycles. The van der Waals surface area contributed by atoms with Crippen LogP contribution in [0.1, 0.15) is 23.7 Å². The number of fused-ring (bicyclic) bond motifs is 1. The van der Waals surface area contributed by atoms with Crippen LogP contribution in [0.25, 0.3) is 0 Å². The van der Waals surface area contributed by atoms with Crippen LogP contribution in [0.15, 0.2) is 24.4 Å². The molecule has 2 aliphatic rings. The molecule has 0 bridgehead atoms. The molecule has 1 N–H and O–H groups in total. The van der Waals surface area contributed by atoms with E-state index in [-0.39, 0.29) is 36.7 Å². The number of halogens is 2. The summed E-state index contributed by atoms with van der Waals surface area (Å²) in [5.74, 6) is 0.0731. The number of ether oxygens (including phenoxy) is 2. The average molecular weight is 412 g/mol. The minimum absolute atomic E-state index is 0. The van der Waals surface area contributed by atoms with Crippen LogP contribution < -0.4 is 10.1 Å². The molecule has 0 radical (unpaired) electrons. The SMILES string of the molecule is Cl.O=C(Cn1cc(CN2CCOCC2)nn1)NC1CCOc2ccc(F)cc21. The molecule has 28 heavy (non-hydrogen) atoms. The minimum Gasteiger partial charge on any atom is -0.493 e. The van der Waals surface area contributed by atoms with Gasteiger partial charge in [-0.25, -0.2) is 9.07 Å². The molecule has 1 fully saturated rings. The third kappa shape index (κ3) is 4.98. The molecule has 152 valence electrons. The van der Waals surface area contributed by atoms with Crippen LogP contribution in [0.3, 0.4) is 0 Å². The Labute approximate surface area is 168 Å². The Kier molecular flexibility index (Phi) is 6.82. The van der Waals surface area contributed by atoms with E-state index in [0.29, 0.717) is 30.9 Å². The van der Waals surface area contributed by atoms with E-state index in [1.807, 2.05) is 0 Å². The Morgan fingerprint density at radius 1 is 1.29 bits per heavy atom. The third-order valence-electron chi connectivity index (χ3n) is 4.73. The lowest BCUT2D eigenvalue weighted by Gasteiger charge is -2.26. The van der Waals surface area contributed by atoms with Crippen molar-refractivity contribution in [3.8, 4) is 5.75 Å². The summed E-state index contributed by atoms with van der Waals surface area (Å²) < 4.78 is 25.9. The molecule has 2 aromatic rings. The van der Waals surface area contributed by atoms with Crippen molar-refractivity contribution >= 4 is 18.3 Å². The molecule has 4 rings (SSSR count). The van der Waals surface area contributed by atoms with Crippen molar-refractivity contribution in [1.82, 2.24) is 25.2 Å². The molecule has 8 nitrogen and oxygen atoms in total. The highest BCUT2D eigenvalue weighted by Crippen LogP contribution is 2.32. The van der Waals surface area contributed by atoms with Crippen molar-refractivity contribution in [2.45, 2.75) is 25.6 Å². The van der Waals surface area contributed by atoms with E-state index in [0.717, 1.165) is 32.0 Å². The fourth-order valence-corrected chi connectivity index (χ4v) is 3.38. The lowest BCUT2D eigenvalue weighted by molar-refractivity contribution is -0.122. The molecule has 1 saturated heterocycles. The minimum atomic E-state index is -0.345. The first kappa shape index (κ1) is 20.5. The van der Waals surface area contributed by atoms with Crippen LogP contribution in [-0.4, -0.2) is 58.7 Å². The number of benzene rings is 1. The predicted molar refractivity (Wildman–Crippen MR) is 101 cm³/mol. The fourth-order valence-electron chi connectivity index (χ4n) is 3.38. The van der Waals surface area contributed by atoms with Gasteiger partial charge in [-0.1, -0.05) is 5.21 Å². The van der Waals surface area contributed by atoms with Gasteiger partial charge in [0.1, 0.15) is 18.1 Å². The number of aromatic nitrogens is 3. The maximum absolute atomic E-state index is 13.5. The Hall–Kier alpha value is -2.23. The molecule has 0 saturated carbocycles. The van der Waals surface area contributed by atoms with E-state index in [9.17, 15) is 9.18 Å². The van der Waals surface area contributed by atoms with Crippen LogP contribution in [0.4, 0.5) is 4.39 Å². The summed E-state index contributed by atoms with van der Waals surface area (Å²) in [5, 5.41) is 11.1. The standard InChI is InChI=1S/C18H22FN5O3.ClH/c19-13-1-2-17-15(9-13)16(3-6-27-17)20-18(25)12-24-11-14(21-22-24)10-23-4-7-26-8-5-23;/h1-2,9,11,16H,3-8,10,12H2,(H,20,25);1H. The van der Waals surface area contributed by atoms with E-state index in [4.69, 9.17) is 9.47 Å². The molecule has 1 unspecified atom stereocenters. The number of hydrogen-bond donors (Lipinski definition) is 1. The fraction of sp³-hybridized carbons (Fsp3) is 0.500. The van der Waals surface area contributed by atoms with Crippen molar-refractivity contribution in [3.05, 3.63) is 41.5 Å². The summed E-state index contributed by atoms with van der Waals surface area (Å²) in [4.78, 5) is 14.7. The van der Waals surface area contributed by atoms with E-state index < -0.39 is 0 Å². The second-order valence-electron chi connectivity index (χ2n) is 6.74. The molecule has 0 aliphatic carbocycles. The maximum atomic E-state index is 13.5. The zero-order chi connectivity index (χ0) is 18.6. The van der Waals surface area contributed by atoms with E-state index in [1.165, 1.54) is 16.8 Å². The van der Waals surface area contributed by atoms with Crippen LogP contribution in [0, 0.1) is 5.82 Å². The van der Waals surface area contributed by atoms with Crippen molar-refractivity contribution in [3.63, 3.8) is 0 Å². The topological polar surface area (TPSA) is 81.5 Å². The first-order valence-corrected chi connectivity index (χ1v) is 9.08. The average Bonchev–Trinajstić information content (AvgIpc) is 3.09. The first-order valence-electron chi connectivity index (χ1n) is 9.08. The van der Waals surface area contributed by atoms with Gasteiger partial charge >= 0.3 is 0 Å². The third-order valence-corrected chi connectivity index (χ3v) is 4.73. The number of rotatable bonds is 5. The molecule has 10 heteroatoms. The molecule has 1 aromatic heterocycles. The molecular formula is C18H23ClFN5O3. The van der Waals surface area contributed by atoms with Crippen LogP contribution in [0.5, 0.6) is 5.75 Å². The van der Waals surface area contributed by atoms with Gasteiger partial charge in [-0.2, -0.15) is 0 Å². The Balaban J connectivity index is 0.00000225. The van der Waals surface area contributed by atoms with E-state index in [1.54, 1.807) is 12.3 Å². The van der Waals surface area contributed by atoms with Gasteiger partial charge in [0.25, 0.3) is 0 Å². The number of hydrogen-bond acceptors (Lipinski definition) is 6. The lowest BCUT2D eigenvalue weighted by atomic mass is 10.0. The Morgan fingerprint density at radius 2 is 2.11 bits per heavy atom. The highest BCUT2D eigenvalue weighted by Gasteiger charge is 2.24. The van der Waals surface area contributed by atoms with Crippen LogP contribution >= 0.6 is 12.4 Å². The van der Waals surface area contributed by atoms with Crippen LogP contribution in [-0.2, 0) is 22.6 Å². The molecular weight excluding hydrogens is 389 g/mol. The number of nitrogens with one attached hydrogen (secondary N) is 1. The second-order valence-corrected chi connectivity index (χ2v) is 6.74. The summed E-state index contributed by atoms with van der Waals surface area (Å²) in [5.41, 5.74) is 1.49. The second kappa shape index (κ2) is 9.31. The van der Waals surface area contributed by atoms with Crippen LogP contribution in [0.2, 0.25) is 0 Å². The number of carbonyl (C=O) groups excluding carboxylic acids is 1. The summed E-state index contributed by atoms with van der Waals surface area (Å²) in [6.45, 7) is 4.43. The Morgan fingerprint density at radius 3 is 2.93 bits per heavy atom. The maximum Gasteiger partial charge on any atom is 0.242 e. The number of morpholine rings is 1. The summed E-state index contributed by atoms with van der Waals surface area (Å²) in [6.07, 6.45) is 2.38. The van der Waals surface area contributed by atoms with Crippen molar-refractivity contribution < 1.29 is 18.7 Å².